The molecule has 250 valence electrons. The molecule has 0 radical (unpaired) electrons. The van der Waals surface area contributed by atoms with E-state index in [2.05, 4.69) is 20.9 Å². The van der Waals surface area contributed by atoms with Crippen molar-refractivity contribution in [2.24, 2.45) is 0 Å². The molecule has 3 aromatic carbocycles. The van der Waals surface area contributed by atoms with Crippen LogP contribution < -0.4 is 25.0 Å². The first kappa shape index (κ1) is 35.6. The average Bonchev–Trinajstić information content (AvgIpc) is 3.50. The van der Waals surface area contributed by atoms with E-state index in [0.29, 0.717) is 13.0 Å². The van der Waals surface area contributed by atoms with Gasteiger partial charge in [-0.3, -0.25) is 13.9 Å². The van der Waals surface area contributed by atoms with E-state index < -0.39 is 40.0 Å². The zero-order chi connectivity index (χ0) is 34.1. The number of ether oxygens (including phenoxy) is 1. The second kappa shape index (κ2) is 16.0. The number of aliphatic hydroxyl groups is 1. The standard InChI is InChI=1S/C34H41N5O6S2/c1-22-21-46-34(36-22)23(2)37-32(41)26-16-27(18-28(17-26)39(3)47(5,43)44)33(42)38-30(15-24-10-7-6-8-11-24)31(40)20-35-19-25-12-9-13-29(14-25)45-4/h6-14,16-18,21,23,30-31,35,40H,15,19-20H2,1-5H3,(H,37,41)(H,38,42)/t23-,30-,31+/m0/s1. The third-order valence-corrected chi connectivity index (χ3v) is 9.91. The van der Waals surface area contributed by atoms with Gasteiger partial charge in [0.25, 0.3) is 11.8 Å². The van der Waals surface area contributed by atoms with Crippen LogP contribution in [0.4, 0.5) is 5.69 Å². The third-order valence-electron chi connectivity index (χ3n) is 7.55. The molecule has 2 amide bonds. The van der Waals surface area contributed by atoms with E-state index >= 15 is 0 Å². The molecule has 0 aliphatic rings. The summed E-state index contributed by atoms with van der Waals surface area (Å²) < 4.78 is 31.2. The van der Waals surface area contributed by atoms with Crippen molar-refractivity contribution < 1.29 is 27.9 Å². The molecule has 0 aliphatic heterocycles. The van der Waals surface area contributed by atoms with E-state index in [-0.39, 0.29) is 23.4 Å². The van der Waals surface area contributed by atoms with Gasteiger partial charge in [0.05, 0.1) is 37.2 Å². The number of carbonyl (C=O) groups is 2. The number of aliphatic hydroxyl groups excluding tert-OH is 1. The van der Waals surface area contributed by atoms with Crippen molar-refractivity contribution in [1.82, 2.24) is 20.9 Å². The Morgan fingerprint density at radius 3 is 2.26 bits per heavy atom. The van der Waals surface area contributed by atoms with E-state index in [1.165, 1.54) is 36.6 Å². The molecule has 11 nitrogen and oxygen atoms in total. The molecule has 0 saturated carbocycles. The number of hydrogen-bond donors (Lipinski definition) is 4. The first-order valence-electron chi connectivity index (χ1n) is 15.0. The van der Waals surface area contributed by atoms with Crippen LogP contribution in [0, 0.1) is 6.92 Å². The van der Waals surface area contributed by atoms with E-state index in [1.807, 2.05) is 66.9 Å². The first-order valence-corrected chi connectivity index (χ1v) is 17.7. The number of thiazole rings is 1. The number of rotatable bonds is 15. The minimum atomic E-state index is -3.71. The minimum absolute atomic E-state index is 0.0653. The predicted molar refractivity (Wildman–Crippen MR) is 185 cm³/mol. The molecule has 13 heteroatoms. The van der Waals surface area contributed by atoms with Gasteiger partial charge in [-0.05, 0) is 61.7 Å². The number of anilines is 1. The summed E-state index contributed by atoms with van der Waals surface area (Å²) in [5, 5.41) is 23.0. The lowest BCUT2D eigenvalue weighted by atomic mass is 10.00. The number of nitrogens with one attached hydrogen (secondary N) is 3. The molecule has 3 atom stereocenters. The Hall–Kier alpha value is -4.30. The minimum Gasteiger partial charge on any atom is -0.497 e. The molecule has 0 spiro atoms. The number of benzene rings is 3. The van der Waals surface area contributed by atoms with Crippen LogP contribution in [0.1, 0.15) is 55.5 Å². The zero-order valence-corrected chi connectivity index (χ0v) is 28.7. The Bertz CT molecular complexity index is 1780. The zero-order valence-electron chi connectivity index (χ0n) is 27.1. The van der Waals surface area contributed by atoms with Crippen LogP contribution in [0.15, 0.2) is 78.2 Å². The van der Waals surface area contributed by atoms with Crippen LogP contribution in [-0.2, 0) is 23.0 Å². The first-order chi connectivity index (χ1) is 22.3. The van der Waals surface area contributed by atoms with Crippen molar-refractivity contribution in [1.29, 1.82) is 0 Å². The van der Waals surface area contributed by atoms with Crippen molar-refractivity contribution in [3.63, 3.8) is 0 Å². The number of nitrogens with zero attached hydrogens (tertiary/aromatic N) is 2. The maximum atomic E-state index is 13.8. The fourth-order valence-electron chi connectivity index (χ4n) is 4.85. The van der Waals surface area contributed by atoms with Crippen molar-refractivity contribution in [2.75, 3.05) is 31.3 Å². The topological polar surface area (TPSA) is 150 Å². The Morgan fingerprint density at radius 1 is 0.979 bits per heavy atom. The fourth-order valence-corrected chi connectivity index (χ4v) is 6.14. The smallest absolute Gasteiger partial charge is 0.251 e. The lowest BCUT2D eigenvalue weighted by Crippen LogP contribution is -2.48. The van der Waals surface area contributed by atoms with Gasteiger partial charge in [0.1, 0.15) is 10.8 Å². The third kappa shape index (κ3) is 10.1. The normalized spacial score (nSPS) is 13.3. The number of carbonyl (C=O) groups excluding carboxylic acids is 2. The number of aryl methyl sites for hydroxylation is 1. The largest absolute Gasteiger partial charge is 0.497 e. The monoisotopic (exact) mass is 679 g/mol. The summed E-state index contributed by atoms with van der Waals surface area (Å²) in [7, 11) is -0.763. The maximum Gasteiger partial charge on any atom is 0.251 e. The molecular weight excluding hydrogens is 639 g/mol. The number of aromatic nitrogens is 1. The highest BCUT2D eigenvalue weighted by molar-refractivity contribution is 7.92. The van der Waals surface area contributed by atoms with Gasteiger partial charge >= 0.3 is 0 Å². The van der Waals surface area contributed by atoms with Gasteiger partial charge in [-0.1, -0.05) is 42.5 Å². The van der Waals surface area contributed by atoms with E-state index in [1.54, 1.807) is 14.0 Å². The summed E-state index contributed by atoms with van der Waals surface area (Å²) in [5.74, 6) is -0.339. The van der Waals surface area contributed by atoms with Gasteiger partial charge < -0.3 is 25.8 Å². The van der Waals surface area contributed by atoms with Gasteiger partial charge in [0.15, 0.2) is 0 Å². The van der Waals surface area contributed by atoms with Crippen LogP contribution in [-0.4, -0.2) is 69.4 Å². The second-order valence-electron chi connectivity index (χ2n) is 11.3. The van der Waals surface area contributed by atoms with Crippen molar-refractivity contribution in [2.45, 2.75) is 45.0 Å². The molecule has 1 aromatic heterocycles. The molecule has 47 heavy (non-hydrogen) atoms. The molecule has 0 fully saturated rings. The van der Waals surface area contributed by atoms with Crippen LogP contribution >= 0.6 is 11.3 Å². The Labute approximate surface area is 280 Å². The van der Waals surface area contributed by atoms with Crippen LogP contribution in [0.25, 0.3) is 0 Å². The average molecular weight is 680 g/mol. The van der Waals surface area contributed by atoms with Gasteiger partial charge in [0, 0.05) is 42.3 Å². The van der Waals surface area contributed by atoms with Gasteiger partial charge in [-0.25, -0.2) is 13.4 Å². The van der Waals surface area contributed by atoms with Gasteiger partial charge in [0.2, 0.25) is 10.0 Å². The Kier molecular flexibility index (Phi) is 12.1. The van der Waals surface area contributed by atoms with Crippen molar-refractivity contribution >= 4 is 38.9 Å². The second-order valence-corrected chi connectivity index (χ2v) is 14.2. The summed E-state index contributed by atoms with van der Waals surface area (Å²) in [4.78, 5) is 31.6. The highest BCUT2D eigenvalue weighted by Crippen LogP contribution is 2.23. The lowest BCUT2D eigenvalue weighted by molar-refractivity contribution is 0.0830. The van der Waals surface area contributed by atoms with E-state index in [9.17, 15) is 23.1 Å². The summed E-state index contributed by atoms with van der Waals surface area (Å²) in [5.41, 5.74) is 3.02. The van der Waals surface area contributed by atoms with Crippen LogP contribution in [0.5, 0.6) is 5.75 Å². The Balaban J connectivity index is 1.57. The molecule has 0 unspecified atom stereocenters. The molecular formula is C34H41N5O6S2. The quantitative estimate of drug-likeness (QED) is 0.148. The van der Waals surface area contributed by atoms with Crippen molar-refractivity contribution in [3.05, 3.63) is 111 Å². The van der Waals surface area contributed by atoms with E-state index in [0.717, 1.165) is 38.1 Å². The summed E-state index contributed by atoms with van der Waals surface area (Å²) in [6.45, 7) is 4.31. The summed E-state index contributed by atoms with van der Waals surface area (Å²) in [6, 6.07) is 20.2. The number of methoxy groups -OCH3 is 1. The molecule has 0 saturated heterocycles. The fraction of sp³-hybridized carbons (Fsp3) is 0.324. The lowest BCUT2D eigenvalue weighted by Gasteiger charge is -2.25. The highest BCUT2D eigenvalue weighted by atomic mass is 32.2. The van der Waals surface area contributed by atoms with Gasteiger partial charge in [-0.15, -0.1) is 11.3 Å². The molecule has 0 bridgehead atoms. The molecule has 0 aliphatic carbocycles. The number of sulfonamides is 1. The molecule has 1 heterocycles. The van der Waals surface area contributed by atoms with Crippen LogP contribution in [0.3, 0.4) is 0 Å². The van der Waals surface area contributed by atoms with Crippen LogP contribution in [0.2, 0.25) is 0 Å². The SMILES string of the molecule is COc1cccc(CNC[C@@H](O)[C@H](Cc2ccccc2)NC(=O)c2cc(C(=O)N[C@@H](C)c3nc(C)cs3)cc(N(C)S(C)(=O)=O)c2)c1. The molecule has 4 N–H and O–H groups in total. The number of amides is 2. The van der Waals surface area contributed by atoms with Gasteiger partial charge in [-0.2, -0.15) is 0 Å². The predicted octanol–water partition coefficient (Wildman–Crippen LogP) is 3.84. The van der Waals surface area contributed by atoms with E-state index in [4.69, 9.17) is 4.74 Å². The maximum absolute atomic E-state index is 13.8. The summed E-state index contributed by atoms with van der Waals surface area (Å²) in [6.07, 6.45) is 0.379. The Morgan fingerprint density at radius 2 is 1.64 bits per heavy atom. The highest BCUT2D eigenvalue weighted by Gasteiger charge is 2.25. The molecule has 4 aromatic rings. The van der Waals surface area contributed by atoms with Crippen molar-refractivity contribution in [3.8, 4) is 5.75 Å². The summed E-state index contributed by atoms with van der Waals surface area (Å²) >= 11 is 1.42. The number of hydrogen-bond acceptors (Lipinski definition) is 9. The molecule has 4 rings (SSSR count).